The van der Waals surface area contributed by atoms with E-state index in [9.17, 15) is 9.59 Å². The molecule has 0 fully saturated rings. The standard InChI is InChI=1S/C19H26O3/c1-13(2)5-3-4-6-18(20)16-9-7-15-12-17(19(21)22)10-8-14(15)11-16/h8,10,12-13,16H,3-7,9,11H2,1-2H3,(H,21,22). The Balaban J connectivity index is 1.89. The van der Waals surface area contributed by atoms with Crippen LogP contribution in [0.2, 0.25) is 0 Å². The Labute approximate surface area is 132 Å². The number of ketones is 1. The maximum atomic E-state index is 12.3. The number of carbonyl (C=O) groups excluding carboxylic acids is 1. The minimum atomic E-state index is -0.883. The second-order valence-corrected chi connectivity index (χ2v) is 6.83. The van der Waals surface area contributed by atoms with Crippen molar-refractivity contribution < 1.29 is 14.7 Å². The summed E-state index contributed by atoms with van der Waals surface area (Å²) in [7, 11) is 0. The highest BCUT2D eigenvalue weighted by molar-refractivity contribution is 5.88. The third-order valence-corrected chi connectivity index (χ3v) is 4.59. The van der Waals surface area contributed by atoms with Crippen LogP contribution >= 0.6 is 0 Å². The van der Waals surface area contributed by atoms with E-state index in [-0.39, 0.29) is 5.92 Å². The first-order chi connectivity index (χ1) is 10.5. The van der Waals surface area contributed by atoms with Gasteiger partial charge in [-0.1, -0.05) is 32.8 Å². The van der Waals surface area contributed by atoms with Gasteiger partial charge in [-0.15, -0.1) is 0 Å². The lowest BCUT2D eigenvalue weighted by Crippen LogP contribution is -2.23. The van der Waals surface area contributed by atoms with Crippen LogP contribution in [0.15, 0.2) is 18.2 Å². The van der Waals surface area contributed by atoms with Crippen LogP contribution < -0.4 is 0 Å². The molecule has 0 aromatic heterocycles. The maximum absolute atomic E-state index is 12.3. The van der Waals surface area contributed by atoms with Gasteiger partial charge in [-0.3, -0.25) is 4.79 Å². The van der Waals surface area contributed by atoms with Gasteiger partial charge in [0.25, 0.3) is 0 Å². The second kappa shape index (κ2) is 7.57. The Morgan fingerprint density at radius 1 is 1.23 bits per heavy atom. The van der Waals surface area contributed by atoms with Gasteiger partial charge >= 0.3 is 5.97 Å². The molecule has 1 aromatic rings. The summed E-state index contributed by atoms with van der Waals surface area (Å²) in [4.78, 5) is 23.3. The predicted molar refractivity (Wildman–Crippen MR) is 87.2 cm³/mol. The van der Waals surface area contributed by atoms with Crippen molar-refractivity contribution in [2.24, 2.45) is 11.8 Å². The molecule has 22 heavy (non-hydrogen) atoms. The molecule has 1 aromatic carbocycles. The highest BCUT2D eigenvalue weighted by Crippen LogP contribution is 2.28. The number of fused-ring (bicyclic) bond motifs is 1. The summed E-state index contributed by atoms with van der Waals surface area (Å²) in [5.74, 6) is 0.338. The fourth-order valence-electron chi connectivity index (χ4n) is 3.22. The third kappa shape index (κ3) is 4.43. The van der Waals surface area contributed by atoms with Crippen LogP contribution in [0.25, 0.3) is 0 Å². The molecular formula is C19H26O3. The topological polar surface area (TPSA) is 54.4 Å². The van der Waals surface area contributed by atoms with Crippen LogP contribution in [0.5, 0.6) is 0 Å². The summed E-state index contributed by atoms with van der Waals surface area (Å²) in [5.41, 5.74) is 2.60. The van der Waals surface area contributed by atoms with Gasteiger partial charge in [-0.05, 0) is 54.9 Å². The zero-order chi connectivity index (χ0) is 16.1. The number of aryl methyl sites for hydroxylation is 1. The largest absolute Gasteiger partial charge is 0.478 e. The van der Waals surface area contributed by atoms with E-state index in [2.05, 4.69) is 13.8 Å². The van der Waals surface area contributed by atoms with Crippen molar-refractivity contribution in [2.45, 2.75) is 58.8 Å². The number of hydrogen-bond donors (Lipinski definition) is 1. The van der Waals surface area contributed by atoms with E-state index in [0.29, 0.717) is 23.7 Å². The number of hydrogen-bond acceptors (Lipinski definition) is 2. The smallest absolute Gasteiger partial charge is 0.335 e. The van der Waals surface area contributed by atoms with Crippen LogP contribution in [-0.4, -0.2) is 16.9 Å². The van der Waals surface area contributed by atoms with Crippen molar-refractivity contribution in [3.8, 4) is 0 Å². The molecular weight excluding hydrogens is 276 g/mol. The van der Waals surface area contributed by atoms with Crippen LogP contribution in [-0.2, 0) is 17.6 Å². The minimum absolute atomic E-state index is 0.127. The van der Waals surface area contributed by atoms with E-state index in [0.717, 1.165) is 43.2 Å². The van der Waals surface area contributed by atoms with Crippen molar-refractivity contribution in [1.29, 1.82) is 0 Å². The van der Waals surface area contributed by atoms with Crippen LogP contribution in [0.3, 0.4) is 0 Å². The summed E-state index contributed by atoms with van der Waals surface area (Å²) in [6, 6.07) is 5.30. The zero-order valence-corrected chi connectivity index (χ0v) is 13.6. The summed E-state index contributed by atoms with van der Waals surface area (Å²) in [6.07, 6.45) is 6.47. The molecule has 0 radical (unpaired) electrons. The molecule has 1 N–H and O–H groups in total. The van der Waals surface area contributed by atoms with Gasteiger partial charge in [0.15, 0.2) is 0 Å². The number of rotatable bonds is 7. The lowest BCUT2D eigenvalue weighted by molar-refractivity contribution is -0.123. The Hall–Kier alpha value is -1.64. The molecule has 2 rings (SSSR count). The molecule has 1 aliphatic rings. The first-order valence-corrected chi connectivity index (χ1v) is 8.35. The Morgan fingerprint density at radius 2 is 2.00 bits per heavy atom. The molecule has 0 aliphatic heterocycles. The van der Waals surface area contributed by atoms with E-state index in [1.165, 1.54) is 6.42 Å². The average molecular weight is 302 g/mol. The quantitative estimate of drug-likeness (QED) is 0.765. The van der Waals surface area contributed by atoms with Gasteiger partial charge in [0.2, 0.25) is 0 Å². The first kappa shape index (κ1) is 16.7. The lowest BCUT2D eigenvalue weighted by atomic mass is 9.80. The van der Waals surface area contributed by atoms with E-state index >= 15 is 0 Å². The highest BCUT2D eigenvalue weighted by Gasteiger charge is 2.24. The maximum Gasteiger partial charge on any atom is 0.335 e. The molecule has 0 saturated heterocycles. The van der Waals surface area contributed by atoms with Gasteiger partial charge in [0.1, 0.15) is 5.78 Å². The van der Waals surface area contributed by atoms with Crippen LogP contribution in [0, 0.1) is 11.8 Å². The Bertz CT molecular complexity index is 546. The monoisotopic (exact) mass is 302 g/mol. The SMILES string of the molecule is CC(C)CCCCC(=O)C1CCc2cc(C(=O)O)ccc2C1. The average Bonchev–Trinajstić information content (AvgIpc) is 2.50. The molecule has 1 aliphatic carbocycles. The summed E-state index contributed by atoms with van der Waals surface area (Å²) >= 11 is 0. The van der Waals surface area contributed by atoms with Gasteiger partial charge in [0, 0.05) is 12.3 Å². The van der Waals surface area contributed by atoms with Crippen molar-refractivity contribution in [3.05, 3.63) is 34.9 Å². The fraction of sp³-hybridized carbons (Fsp3) is 0.579. The summed E-state index contributed by atoms with van der Waals surface area (Å²) < 4.78 is 0. The van der Waals surface area contributed by atoms with E-state index in [1.807, 2.05) is 6.07 Å². The normalized spacial score (nSPS) is 17.3. The van der Waals surface area contributed by atoms with E-state index in [4.69, 9.17) is 5.11 Å². The first-order valence-electron chi connectivity index (χ1n) is 8.35. The molecule has 3 nitrogen and oxygen atoms in total. The molecule has 0 heterocycles. The third-order valence-electron chi connectivity index (χ3n) is 4.59. The second-order valence-electron chi connectivity index (χ2n) is 6.83. The number of Topliss-reactive ketones (excluding diaryl/α,β-unsaturated/α-hetero) is 1. The van der Waals surface area contributed by atoms with Crippen molar-refractivity contribution in [1.82, 2.24) is 0 Å². The molecule has 0 spiro atoms. The van der Waals surface area contributed by atoms with Gasteiger partial charge in [-0.2, -0.15) is 0 Å². The number of unbranched alkanes of at least 4 members (excludes halogenated alkanes) is 1. The highest BCUT2D eigenvalue weighted by atomic mass is 16.4. The van der Waals surface area contributed by atoms with Crippen molar-refractivity contribution >= 4 is 11.8 Å². The number of benzene rings is 1. The van der Waals surface area contributed by atoms with Crippen molar-refractivity contribution in [3.63, 3.8) is 0 Å². The van der Waals surface area contributed by atoms with Gasteiger partial charge in [-0.25, -0.2) is 4.79 Å². The predicted octanol–water partition coefficient (Wildman–Crippen LogP) is 4.28. The van der Waals surface area contributed by atoms with Gasteiger partial charge < -0.3 is 5.11 Å². The fourth-order valence-corrected chi connectivity index (χ4v) is 3.22. The van der Waals surface area contributed by atoms with E-state index < -0.39 is 5.97 Å². The van der Waals surface area contributed by atoms with Crippen molar-refractivity contribution in [2.75, 3.05) is 0 Å². The molecule has 1 atom stereocenters. The number of carboxylic acid groups (broad SMARTS) is 1. The molecule has 0 amide bonds. The lowest BCUT2D eigenvalue weighted by Gasteiger charge is -2.24. The Kier molecular flexibility index (Phi) is 5.76. The molecule has 120 valence electrons. The van der Waals surface area contributed by atoms with Crippen LogP contribution in [0.4, 0.5) is 0 Å². The number of aromatic carboxylic acids is 1. The molecule has 0 saturated carbocycles. The zero-order valence-electron chi connectivity index (χ0n) is 13.6. The minimum Gasteiger partial charge on any atom is -0.478 e. The molecule has 0 bridgehead atoms. The van der Waals surface area contributed by atoms with Gasteiger partial charge in [0.05, 0.1) is 5.56 Å². The Morgan fingerprint density at radius 3 is 2.68 bits per heavy atom. The van der Waals surface area contributed by atoms with Crippen LogP contribution in [0.1, 0.15) is 67.4 Å². The summed E-state index contributed by atoms with van der Waals surface area (Å²) in [5, 5.41) is 9.03. The number of carboxylic acids is 1. The molecule has 1 unspecified atom stereocenters. The molecule has 3 heteroatoms. The summed E-state index contributed by atoms with van der Waals surface area (Å²) in [6.45, 7) is 4.43. The van der Waals surface area contributed by atoms with E-state index in [1.54, 1.807) is 12.1 Å². The number of carbonyl (C=O) groups is 2.